The zero-order valence-corrected chi connectivity index (χ0v) is 16.6. The summed E-state index contributed by atoms with van der Waals surface area (Å²) >= 11 is 0. The molecular formula is C22H34O6. The molecule has 0 aromatic rings. The largest absolute Gasteiger partial charge is 0.481 e. The van der Waals surface area contributed by atoms with Gasteiger partial charge < -0.3 is 25.2 Å². The molecule has 5 atom stereocenters. The van der Waals surface area contributed by atoms with Crippen LogP contribution in [-0.2, 0) is 9.53 Å². The molecule has 1 aliphatic heterocycles. The Balaban J connectivity index is 2.28. The second-order valence-corrected chi connectivity index (χ2v) is 6.92. The molecule has 1 rings (SSSR count). The molecule has 0 aliphatic carbocycles. The van der Waals surface area contributed by atoms with E-state index < -0.39 is 30.4 Å². The van der Waals surface area contributed by atoms with Crippen molar-refractivity contribution >= 4 is 5.97 Å². The Labute approximate surface area is 167 Å². The molecule has 1 saturated heterocycles. The Bertz CT molecular complexity index is 551. The molecule has 6 nitrogen and oxygen atoms in total. The Morgan fingerprint density at radius 2 is 1.86 bits per heavy atom. The molecule has 0 unspecified atom stereocenters. The van der Waals surface area contributed by atoms with Crippen molar-refractivity contribution in [2.75, 3.05) is 0 Å². The summed E-state index contributed by atoms with van der Waals surface area (Å²) in [6.45, 7) is 2.04. The number of rotatable bonds is 13. The van der Waals surface area contributed by atoms with Gasteiger partial charge in [0.15, 0.2) is 0 Å². The number of ether oxygens (including phenoxy) is 1. The van der Waals surface area contributed by atoms with E-state index in [0.29, 0.717) is 32.1 Å². The number of allylic oxidation sites excluding steroid dienone is 4. The van der Waals surface area contributed by atoms with Crippen molar-refractivity contribution in [2.45, 2.75) is 82.4 Å². The van der Waals surface area contributed by atoms with Crippen molar-refractivity contribution in [3.63, 3.8) is 0 Å². The van der Waals surface area contributed by atoms with E-state index >= 15 is 0 Å². The van der Waals surface area contributed by atoms with Crippen LogP contribution in [0.5, 0.6) is 0 Å². The van der Waals surface area contributed by atoms with Gasteiger partial charge in [-0.25, -0.2) is 0 Å². The smallest absolute Gasteiger partial charge is 0.303 e. The Morgan fingerprint density at radius 3 is 2.57 bits per heavy atom. The van der Waals surface area contributed by atoms with Gasteiger partial charge in [0.25, 0.3) is 0 Å². The zero-order chi connectivity index (χ0) is 20.8. The van der Waals surface area contributed by atoms with Crippen LogP contribution in [0.25, 0.3) is 0 Å². The molecule has 4 N–H and O–H groups in total. The molecule has 0 amide bonds. The Morgan fingerprint density at radius 1 is 1.11 bits per heavy atom. The molecule has 1 aliphatic rings. The number of aliphatic hydroxyl groups excluding tert-OH is 3. The van der Waals surface area contributed by atoms with Crippen LogP contribution in [0.2, 0.25) is 0 Å². The summed E-state index contributed by atoms with van der Waals surface area (Å²) in [5.41, 5.74) is 0. The quantitative estimate of drug-likeness (QED) is 0.358. The minimum absolute atomic E-state index is 0.129. The van der Waals surface area contributed by atoms with Crippen LogP contribution in [0.3, 0.4) is 0 Å². The van der Waals surface area contributed by atoms with Crippen LogP contribution in [0.4, 0.5) is 0 Å². The summed E-state index contributed by atoms with van der Waals surface area (Å²) in [5.74, 6) is -0.807. The van der Waals surface area contributed by atoms with Crippen molar-refractivity contribution in [1.29, 1.82) is 0 Å². The fourth-order valence-electron chi connectivity index (χ4n) is 2.87. The number of carboxylic acids is 1. The molecule has 0 bridgehead atoms. The fraction of sp³-hybridized carbons (Fsp3) is 0.591. The first-order valence-corrected chi connectivity index (χ1v) is 9.98. The van der Waals surface area contributed by atoms with Crippen LogP contribution in [0.1, 0.15) is 51.9 Å². The van der Waals surface area contributed by atoms with Gasteiger partial charge in [-0.15, -0.1) is 0 Å². The van der Waals surface area contributed by atoms with Crippen molar-refractivity contribution in [2.24, 2.45) is 0 Å². The van der Waals surface area contributed by atoms with Gasteiger partial charge >= 0.3 is 5.97 Å². The molecule has 0 aromatic heterocycles. The summed E-state index contributed by atoms with van der Waals surface area (Å²) in [4.78, 5) is 10.4. The number of aliphatic carboxylic acids is 1. The SMILES string of the molecule is CC/C=C\C[C@H]1O[C@@H]([C@@H](O)/C=C/[C@H](O)C/C=C\C/C=C\CCC(=O)O)C[C@H]1O. The molecule has 6 heteroatoms. The van der Waals surface area contributed by atoms with Crippen LogP contribution in [0, 0.1) is 0 Å². The fourth-order valence-corrected chi connectivity index (χ4v) is 2.87. The highest BCUT2D eigenvalue weighted by atomic mass is 16.5. The molecule has 0 aromatic carbocycles. The van der Waals surface area contributed by atoms with Gasteiger partial charge in [0.2, 0.25) is 0 Å². The van der Waals surface area contributed by atoms with E-state index in [-0.39, 0.29) is 12.5 Å². The molecule has 0 radical (unpaired) electrons. The van der Waals surface area contributed by atoms with Gasteiger partial charge in [0.1, 0.15) is 0 Å². The van der Waals surface area contributed by atoms with Crippen LogP contribution in [-0.4, -0.2) is 56.9 Å². The second kappa shape index (κ2) is 14.3. The molecule has 0 spiro atoms. The topological polar surface area (TPSA) is 107 Å². The number of aliphatic hydroxyl groups is 3. The molecule has 1 heterocycles. The van der Waals surface area contributed by atoms with E-state index in [4.69, 9.17) is 9.84 Å². The zero-order valence-electron chi connectivity index (χ0n) is 16.6. The summed E-state index contributed by atoms with van der Waals surface area (Å²) in [6.07, 6.45) is 15.3. The summed E-state index contributed by atoms with van der Waals surface area (Å²) < 4.78 is 5.73. The van der Waals surface area contributed by atoms with E-state index in [1.807, 2.05) is 43.4 Å². The van der Waals surface area contributed by atoms with Crippen molar-refractivity contribution in [3.05, 3.63) is 48.6 Å². The van der Waals surface area contributed by atoms with Crippen molar-refractivity contribution < 1.29 is 30.0 Å². The van der Waals surface area contributed by atoms with Gasteiger partial charge in [0.05, 0.1) is 30.5 Å². The van der Waals surface area contributed by atoms with Gasteiger partial charge in [-0.05, 0) is 32.1 Å². The number of carboxylic acid groups (broad SMARTS) is 1. The lowest BCUT2D eigenvalue weighted by Crippen LogP contribution is -2.24. The summed E-state index contributed by atoms with van der Waals surface area (Å²) in [6, 6.07) is 0. The second-order valence-electron chi connectivity index (χ2n) is 6.92. The van der Waals surface area contributed by atoms with Gasteiger partial charge in [-0.1, -0.05) is 55.5 Å². The minimum atomic E-state index is -0.870. The van der Waals surface area contributed by atoms with Crippen LogP contribution >= 0.6 is 0 Å². The lowest BCUT2D eigenvalue weighted by atomic mass is 10.0. The van der Waals surface area contributed by atoms with E-state index in [9.17, 15) is 20.1 Å². The maximum atomic E-state index is 10.4. The van der Waals surface area contributed by atoms with E-state index in [1.165, 1.54) is 12.2 Å². The van der Waals surface area contributed by atoms with Gasteiger partial charge in [-0.3, -0.25) is 4.79 Å². The number of carbonyl (C=O) groups is 1. The number of hydrogen-bond acceptors (Lipinski definition) is 5. The predicted molar refractivity (Wildman–Crippen MR) is 109 cm³/mol. The van der Waals surface area contributed by atoms with Crippen LogP contribution in [0.15, 0.2) is 48.6 Å². The lowest BCUT2D eigenvalue weighted by molar-refractivity contribution is -0.136. The van der Waals surface area contributed by atoms with Gasteiger partial charge in [-0.2, -0.15) is 0 Å². The Hall–Kier alpha value is -1.73. The molecule has 0 saturated carbocycles. The molecular weight excluding hydrogens is 360 g/mol. The average Bonchev–Trinajstić information content (AvgIpc) is 3.02. The maximum absolute atomic E-state index is 10.4. The third kappa shape index (κ3) is 10.6. The lowest BCUT2D eigenvalue weighted by Gasteiger charge is -2.16. The van der Waals surface area contributed by atoms with E-state index in [0.717, 1.165) is 6.42 Å². The normalized spacial score (nSPS) is 25.5. The third-order valence-corrected chi connectivity index (χ3v) is 4.44. The van der Waals surface area contributed by atoms with Crippen LogP contribution < -0.4 is 0 Å². The molecule has 1 fully saturated rings. The first-order valence-electron chi connectivity index (χ1n) is 9.98. The van der Waals surface area contributed by atoms with Gasteiger partial charge in [0, 0.05) is 12.8 Å². The van der Waals surface area contributed by atoms with E-state index in [1.54, 1.807) is 0 Å². The minimum Gasteiger partial charge on any atom is -0.481 e. The first kappa shape index (κ1) is 24.3. The standard InChI is InChI=1S/C22H34O6/c1-2-3-8-12-20-19(25)16-21(28-20)18(24)15-14-17(23)11-9-6-4-5-7-10-13-22(26)27/h3,5-9,14-15,17-21,23-25H,2,4,10-13,16H2,1H3,(H,26,27)/b7-5-,8-3-,9-6-,15-14+/t17-,18+,19-,20-,21-/m1/s1. The monoisotopic (exact) mass is 394 g/mol. The molecule has 28 heavy (non-hydrogen) atoms. The van der Waals surface area contributed by atoms with E-state index in [2.05, 4.69) is 0 Å². The van der Waals surface area contributed by atoms with Crippen molar-refractivity contribution in [3.8, 4) is 0 Å². The predicted octanol–water partition coefficient (Wildman–Crippen LogP) is 2.90. The third-order valence-electron chi connectivity index (χ3n) is 4.44. The summed E-state index contributed by atoms with van der Waals surface area (Å²) in [5, 5.41) is 38.7. The highest BCUT2D eigenvalue weighted by Gasteiger charge is 2.36. The first-order chi connectivity index (χ1) is 13.4. The average molecular weight is 395 g/mol. The maximum Gasteiger partial charge on any atom is 0.303 e. The summed E-state index contributed by atoms with van der Waals surface area (Å²) in [7, 11) is 0. The highest BCUT2D eigenvalue weighted by Crippen LogP contribution is 2.26. The highest BCUT2D eigenvalue weighted by molar-refractivity contribution is 5.66. The van der Waals surface area contributed by atoms with Crippen molar-refractivity contribution in [1.82, 2.24) is 0 Å². The number of hydrogen-bond donors (Lipinski definition) is 4. The Kier molecular flexibility index (Phi) is 12.4. The molecule has 158 valence electrons.